The minimum absolute atomic E-state index is 0.193. The number of hydrogen-bond donors (Lipinski definition) is 1. The van der Waals surface area contributed by atoms with Gasteiger partial charge in [-0.2, -0.15) is 0 Å². The van der Waals surface area contributed by atoms with Crippen LogP contribution >= 0.6 is 11.6 Å². The summed E-state index contributed by atoms with van der Waals surface area (Å²) in [7, 11) is 0. The lowest BCUT2D eigenvalue weighted by Crippen LogP contribution is -2.51. The number of fused-ring (bicyclic) bond motifs is 1. The number of amides is 3. The zero-order valence-corrected chi connectivity index (χ0v) is 17.2. The molecular formula is C21H22ClN3O4. The zero-order chi connectivity index (χ0) is 21.1. The number of esters is 1. The van der Waals surface area contributed by atoms with Crippen LogP contribution in [0.5, 0.6) is 0 Å². The predicted molar refractivity (Wildman–Crippen MR) is 113 cm³/mol. The normalized spacial score (nSPS) is 13.2. The summed E-state index contributed by atoms with van der Waals surface area (Å²) in [6.45, 7) is 5.38. The highest BCUT2D eigenvalue weighted by Gasteiger charge is 2.34. The van der Waals surface area contributed by atoms with E-state index in [-0.39, 0.29) is 25.6 Å². The van der Waals surface area contributed by atoms with E-state index in [1.807, 2.05) is 19.9 Å². The molecule has 1 aliphatic rings. The molecule has 0 saturated carbocycles. The topological polar surface area (TPSA) is 79.0 Å². The fourth-order valence-electron chi connectivity index (χ4n) is 3.11. The summed E-state index contributed by atoms with van der Waals surface area (Å²) < 4.78 is 4.99. The van der Waals surface area contributed by atoms with Crippen molar-refractivity contribution in [1.29, 1.82) is 0 Å². The van der Waals surface area contributed by atoms with Crippen LogP contribution in [0.2, 0.25) is 5.02 Å². The standard InChI is InChI=1S/C21H22ClN3O4/c1-4-29-20(27)12-24-17-8-13(2)14(3)9-18(17)25(11-19(24)26)21(28)23-16-7-5-6-15(22)10-16/h5-10H,4,11-12H2,1-3H3,(H,23,28). The van der Waals surface area contributed by atoms with Gasteiger partial charge in [-0.25, -0.2) is 4.79 Å². The molecule has 0 aliphatic carbocycles. The molecule has 29 heavy (non-hydrogen) atoms. The Morgan fingerprint density at radius 3 is 2.48 bits per heavy atom. The van der Waals surface area contributed by atoms with Crippen LogP contribution < -0.4 is 15.1 Å². The van der Waals surface area contributed by atoms with E-state index in [0.717, 1.165) is 11.1 Å². The van der Waals surface area contributed by atoms with Crippen LogP contribution in [-0.2, 0) is 14.3 Å². The Kier molecular flexibility index (Phi) is 6.08. The number of carbonyl (C=O) groups is 3. The number of halogens is 1. The number of benzene rings is 2. The van der Waals surface area contributed by atoms with Gasteiger partial charge in [0.1, 0.15) is 13.1 Å². The molecule has 0 saturated heterocycles. The molecule has 1 heterocycles. The first-order valence-electron chi connectivity index (χ1n) is 9.21. The summed E-state index contributed by atoms with van der Waals surface area (Å²) in [6.07, 6.45) is 0. The molecule has 0 radical (unpaired) electrons. The Morgan fingerprint density at radius 2 is 1.83 bits per heavy atom. The second-order valence-electron chi connectivity index (χ2n) is 6.74. The highest BCUT2D eigenvalue weighted by Crippen LogP contribution is 2.36. The Hall–Kier alpha value is -3.06. The van der Waals surface area contributed by atoms with Crippen molar-refractivity contribution in [3.8, 4) is 0 Å². The van der Waals surface area contributed by atoms with Gasteiger partial charge in [0, 0.05) is 10.7 Å². The molecule has 0 aromatic heterocycles. The van der Waals surface area contributed by atoms with Crippen molar-refractivity contribution in [2.75, 3.05) is 34.8 Å². The fourth-order valence-corrected chi connectivity index (χ4v) is 3.30. The number of anilines is 3. The highest BCUT2D eigenvalue weighted by molar-refractivity contribution is 6.31. The van der Waals surface area contributed by atoms with Crippen molar-refractivity contribution in [1.82, 2.24) is 0 Å². The molecular weight excluding hydrogens is 394 g/mol. The lowest BCUT2D eigenvalue weighted by atomic mass is 10.0. The Balaban J connectivity index is 1.95. The van der Waals surface area contributed by atoms with Gasteiger partial charge in [-0.15, -0.1) is 0 Å². The number of nitrogens with one attached hydrogen (secondary N) is 1. The number of aryl methyl sites for hydroxylation is 2. The van der Waals surface area contributed by atoms with Crippen molar-refractivity contribution in [2.24, 2.45) is 0 Å². The maximum atomic E-state index is 12.9. The predicted octanol–water partition coefficient (Wildman–Crippen LogP) is 3.91. The van der Waals surface area contributed by atoms with Gasteiger partial charge >= 0.3 is 12.0 Å². The molecule has 1 N–H and O–H groups in total. The van der Waals surface area contributed by atoms with Crippen LogP contribution in [0, 0.1) is 13.8 Å². The molecule has 7 nitrogen and oxygen atoms in total. The molecule has 152 valence electrons. The maximum Gasteiger partial charge on any atom is 0.326 e. The monoisotopic (exact) mass is 415 g/mol. The minimum Gasteiger partial charge on any atom is -0.465 e. The molecule has 0 bridgehead atoms. The summed E-state index contributed by atoms with van der Waals surface area (Å²) >= 11 is 5.98. The SMILES string of the molecule is CCOC(=O)CN1C(=O)CN(C(=O)Nc2cccc(Cl)c2)c2cc(C)c(C)cc21. The van der Waals surface area contributed by atoms with E-state index >= 15 is 0 Å². The van der Waals surface area contributed by atoms with Crippen molar-refractivity contribution >= 4 is 46.6 Å². The number of nitrogens with zero attached hydrogens (tertiary/aromatic N) is 2. The number of hydrogen-bond acceptors (Lipinski definition) is 4. The molecule has 3 amide bonds. The van der Waals surface area contributed by atoms with Gasteiger partial charge in [0.15, 0.2) is 0 Å². The Labute approximate surface area is 174 Å². The lowest BCUT2D eigenvalue weighted by molar-refractivity contribution is -0.142. The van der Waals surface area contributed by atoms with Crippen molar-refractivity contribution in [3.05, 3.63) is 52.5 Å². The van der Waals surface area contributed by atoms with Crippen molar-refractivity contribution in [2.45, 2.75) is 20.8 Å². The van der Waals surface area contributed by atoms with Gasteiger partial charge in [-0.05, 0) is 62.2 Å². The highest BCUT2D eigenvalue weighted by atomic mass is 35.5. The molecule has 8 heteroatoms. The number of urea groups is 1. The molecule has 0 fully saturated rings. The quantitative estimate of drug-likeness (QED) is 0.768. The van der Waals surface area contributed by atoms with Crippen LogP contribution in [0.25, 0.3) is 0 Å². The third-order valence-electron chi connectivity index (χ3n) is 4.68. The fraction of sp³-hybridized carbons (Fsp3) is 0.286. The second-order valence-corrected chi connectivity index (χ2v) is 7.17. The van der Waals surface area contributed by atoms with Crippen molar-refractivity contribution < 1.29 is 19.1 Å². The van der Waals surface area contributed by atoms with Crippen LogP contribution in [0.3, 0.4) is 0 Å². The van der Waals surface area contributed by atoms with E-state index < -0.39 is 12.0 Å². The van der Waals surface area contributed by atoms with Crippen LogP contribution in [0.15, 0.2) is 36.4 Å². The summed E-state index contributed by atoms with van der Waals surface area (Å²) in [5.41, 5.74) is 3.49. The van der Waals surface area contributed by atoms with E-state index in [1.165, 1.54) is 9.80 Å². The van der Waals surface area contributed by atoms with Crippen LogP contribution in [-0.4, -0.2) is 37.6 Å². The van der Waals surface area contributed by atoms with Crippen molar-refractivity contribution in [3.63, 3.8) is 0 Å². The number of ether oxygens (including phenoxy) is 1. The molecule has 0 atom stereocenters. The minimum atomic E-state index is -0.498. The number of rotatable bonds is 4. The summed E-state index contributed by atoms with van der Waals surface area (Å²) in [6, 6.07) is 9.95. The van der Waals surface area contributed by atoms with Gasteiger partial charge < -0.3 is 10.1 Å². The summed E-state index contributed by atoms with van der Waals surface area (Å²) in [5, 5.41) is 3.25. The largest absolute Gasteiger partial charge is 0.465 e. The first kappa shape index (κ1) is 20.7. The molecule has 3 rings (SSSR count). The van der Waals surface area contributed by atoms with Gasteiger partial charge in [-0.3, -0.25) is 19.4 Å². The lowest BCUT2D eigenvalue weighted by Gasteiger charge is -2.36. The van der Waals surface area contributed by atoms with Gasteiger partial charge in [0.25, 0.3) is 0 Å². The Bertz CT molecular complexity index is 976. The summed E-state index contributed by atoms with van der Waals surface area (Å²) in [5.74, 6) is -0.864. The second kappa shape index (κ2) is 8.53. The third-order valence-corrected chi connectivity index (χ3v) is 4.92. The van der Waals surface area contributed by atoms with Gasteiger partial charge in [0.05, 0.1) is 18.0 Å². The van der Waals surface area contributed by atoms with E-state index in [4.69, 9.17) is 16.3 Å². The third kappa shape index (κ3) is 4.51. The average Bonchev–Trinajstić information content (AvgIpc) is 2.65. The smallest absolute Gasteiger partial charge is 0.326 e. The van der Waals surface area contributed by atoms with Gasteiger partial charge in [0.2, 0.25) is 5.91 Å². The molecule has 2 aromatic carbocycles. The first-order valence-corrected chi connectivity index (χ1v) is 9.59. The van der Waals surface area contributed by atoms with Crippen LogP contribution in [0.1, 0.15) is 18.1 Å². The molecule has 1 aliphatic heterocycles. The molecule has 2 aromatic rings. The van der Waals surface area contributed by atoms with Crippen LogP contribution in [0.4, 0.5) is 21.9 Å². The summed E-state index contributed by atoms with van der Waals surface area (Å²) in [4.78, 5) is 40.4. The van der Waals surface area contributed by atoms with E-state index in [0.29, 0.717) is 22.1 Å². The van der Waals surface area contributed by atoms with E-state index in [2.05, 4.69) is 5.32 Å². The van der Waals surface area contributed by atoms with E-state index in [9.17, 15) is 14.4 Å². The maximum absolute atomic E-state index is 12.9. The van der Waals surface area contributed by atoms with Gasteiger partial charge in [-0.1, -0.05) is 17.7 Å². The first-order chi connectivity index (χ1) is 13.8. The zero-order valence-electron chi connectivity index (χ0n) is 16.5. The Morgan fingerprint density at radius 1 is 1.14 bits per heavy atom. The van der Waals surface area contributed by atoms with E-state index in [1.54, 1.807) is 37.3 Å². The average molecular weight is 416 g/mol. The molecule has 0 spiro atoms. The number of carbonyl (C=O) groups excluding carboxylic acids is 3. The molecule has 0 unspecified atom stereocenters.